The van der Waals surface area contributed by atoms with Crippen molar-refractivity contribution in [3.05, 3.63) is 48.2 Å². The van der Waals surface area contributed by atoms with E-state index in [1.807, 2.05) is 12.1 Å². The average molecular weight is 272 g/mol. The van der Waals surface area contributed by atoms with E-state index >= 15 is 0 Å². The lowest BCUT2D eigenvalue weighted by molar-refractivity contribution is -0.114. The first-order chi connectivity index (χ1) is 9.56. The highest BCUT2D eigenvalue weighted by molar-refractivity contribution is 5.90. The van der Waals surface area contributed by atoms with Crippen LogP contribution in [0.2, 0.25) is 0 Å². The largest absolute Gasteiger partial charge is 0.437 e. The predicted octanol–water partition coefficient (Wildman–Crippen LogP) is 2.89. The lowest BCUT2D eigenvalue weighted by Crippen LogP contribution is -2.06. The Bertz CT molecular complexity index is 594. The minimum Gasteiger partial charge on any atom is -0.437 e. The van der Waals surface area contributed by atoms with Gasteiger partial charge in [0, 0.05) is 19.2 Å². The number of nitrogens with one attached hydrogen (secondary N) is 1. The molecular weight excluding hydrogens is 256 g/mol. The van der Waals surface area contributed by atoms with Crippen molar-refractivity contribution < 1.29 is 14.6 Å². The Labute approximate surface area is 117 Å². The lowest BCUT2D eigenvalue weighted by atomic mass is 10.2. The summed E-state index contributed by atoms with van der Waals surface area (Å²) < 4.78 is 5.64. The van der Waals surface area contributed by atoms with Crippen molar-refractivity contribution in [3.8, 4) is 11.6 Å². The Morgan fingerprint density at radius 2 is 2.05 bits per heavy atom. The predicted molar refractivity (Wildman–Crippen MR) is 75.7 cm³/mol. The number of hydrogen-bond acceptors (Lipinski definition) is 4. The number of carbonyl (C=O) groups excluding carboxylic acids is 1. The highest BCUT2D eigenvalue weighted by Crippen LogP contribution is 2.28. The molecule has 0 fully saturated rings. The molecule has 2 aromatic rings. The first-order valence-corrected chi connectivity index (χ1v) is 6.25. The minimum atomic E-state index is -0.566. The first-order valence-electron chi connectivity index (χ1n) is 6.25. The van der Waals surface area contributed by atoms with Gasteiger partial charge in [-0.05, 0) is 30.7 Å². The topological polar surface area (TPSA) is 71.5 Å². The van der Waals surface area contributed by atoms with E-state index in [1.165, 1.54) is 6.92 Å². The van der Waals surface area contributed by atoms with Crippen LogP contribution in [0.25, 0.3) is 0 Å². The van der Waals surface area contributed by atoms with Gasteiger partial charge in [0.15, 0.2) is 5.75 Å². The Morgan fingerprint density at radius 3 is 2.65 bits per heavy atom. The second kappa shape index (κ2) is 6.16. The van der Waals surface area contributed by atoms with Gasteiger partial charge < -0.3 is 15.2 Å². The standard InChI is InChI=1S/C15H16N2O3/c1-10(18)12-7-8-15(16-9-12)20-14-6-4-3-5-13(14)17-11(2)19/h3-10,18H,1-2H3,(H,17,19)/t10-/m1/s1. The van der Waals surface area contributed by atoms with Gasteiger partial charge in [0.05, 0.1) is 11.8 Å². The summed E-state index contributed by atoms with van der Waals surface area (Å²) in [7, 11) is 0. The van der Waals surface area contributed by atoms with Gasteiger partial charge >= 0.3 is 0 Å². The molecule has 0 saturated heterocycles. The molecule has 5 heteroatoms. The molecule has 0 aliphatic rings. The van der Waals surface area contributed by atoms with Crippen molar-refractivity contribution in [2.24, 2.45) is 0 Å². The monoisotopic (exact) mass is 272 g/mol. The maximum Gasteiger partial charge on any atom is 0.221 e. The second-order valence-corrected chi connectivity index (χ2v) is 4.39. The third-order valence-electron chi connectivity index (χ3n) is 2.65. The van der Waals surface area contributed by atoms with Crippen LogP contribution in [-0.4, -0.2) is 16.0 Å². The van der Waals surface area contributed by atoms with Crippen molar-refractivity contribution >= 4 is 11.6 Å². The number of nitrogens with zero attached hydrogens (tertiary/aromatic N) is 1. The zero-order valence-electron chi connectivity index (χ0n) is 11.3. The average Bonchev–Trinajstić information content (AvgIpc) is 2.41. The number of carbonyl (C=O) groups is 1. The van der Waals surface area contributed by atoms with Crippen molar-refractivity contribution in [2.75, 3.05) is 5.32 Å². The fourth-order valence-electron chi connectivity index (χ4n) is 1.66. The number of aliphatic hydroxyl groups is 1. The van der Waals surface area contributed by atoms with E-state index in [0.717, 1.165) is 0 Å². The summed E-state index contributed by atoms with van der Waals surface area (Å²) in [5, 5.41) is 12.1. The van der Waals surface area contributed by atoms with Gasteiger partial charge in [-0.15, -0.1) is 0 Å². The molecule has 1 atom stereocenters. The summed E-state index contributed by atoms with van der Waals surface area (Å²) in [6.07, 6.45) is 0.990. The van der Waals surface area contributed by atoms with Gasteiger partial charge in [-0.2, -0.15) is 0 Å². The number of benzene rings is 1. The molecule has 1 amide bonds. The molecule has 0 aliphatic carbocycles. The Kier molecular flexibility index (Phi) is 4.32. The van der Waals surface area contributed by atoms with Gasteiger partial charge in [0.2, 0.25) is 11.8 Å². The van der Waals surface area contributed by atoms with Crippen molar-refractivity contribution in [1.82, 2.24) is 4.98 Å². The van der Waals surface area contributed by atoms with E-state index in [4.69, 9.17) is 4.74 Å². The molecule has 1 aromatic heterocycles. The van der Waals surface area contributed by atoms with Crippen molar-refractivity contribution in [1.29, 1.82) is 0 Å². The zero-order valence-corrected chi connectivity index (χ0v) is 11.3. The Hall–Kier alpha value is -2.40. The molecule has 0 aliphatic heterocycles. The van der Waals surface area contributed by atoms with Crippen LogP contribution in [0.4, 0.5) is 5.69 Å². The quantitative estimate of drug-likeness (QED) is 0.897. The molecule has 20 heavy (non-hydrogen) atoms. The van der Waals surface area contributed by atoms with Crippen LogP contribution in [0.3, 0.4) is 0 Å². The van der Waals surface area contributed by atoms with Crippen molar-refractivity contribution in [3.63, 3.8) is 0 Å². The lowest BCUT2D eigenvalue weighted by Gasteiger charge is -2.11. The molecule has 1 aromatic carbocycles. The maximum absolute atomic E-state index is 11.1. The van der Waals surface area contributed by atoms with Gasteiger partial charge in [-0.25, -0.2) is 4.98 Å². The van der Waals surface area contributed by atoms with E-state index < -0.39 is 6.10 Å². The third kappa shape index (κ3) is 3.55. The highest BCUT2D eigenvalue weighted by Gasteiger charge is 2.07. The number of para-hydroxylation sites is 2. The Balaban J connectivity index is 2.19. The normalized spacial score (nSPS) is 11.8. The summed E-state index contributed by atoms with van der Waals surface area (Å²) in [6, 6.07) is 10.5. The second-order valence-electron chi connectivity index (χ2n) is 4.39. The van der Waals surface area contributed by atoms with E-state index in [1.54, 1.807) is 37.4 Å². The number of aromatic nitrogens is 1. The number of aliphatic hydroxyl groups excluding tert-OH is 1. The van der Waals surface area contributed by atoms with Crippen molar-refractivity contribution in [2.45, 2.75) is 20.0 Å². The molecule has 104 valence electrons. The summed E-state index contributed by atoms with van der Waals surface area (Å²) in [5.74, 6) is 0.741. The van der Waals surface area contributed by atoms with Crippen LogP contribution in [-0.2, 0) is 4.79 Å². The summed E-state index contributed by atoms with van der Waals surface area (Å²) in [4.78, 5) is 15.2. The molecule has 0 spiro atoms. The summed E-state index contributed by atoms with van der Waals surface area (Å²) in [5.41, 5.74) is 1.30. The smallest absolute Gasteiger partial charge is 0.221 e. The van der Waals surface area contributed by atoms with Crippen LogP contribution < -0.4 is 10.1 Å². The van der Waals surface area contributed by atoms with Gasteiger partial charge in [-0.3, -0.25) is 4.79 Å². The molecule has 5 nitrogen and oxygen atoms in total. The van der Waals surface area contributed by atoms with E-state index in [0.29, 0.717) is 22.9 Å². The molecule has 1 heterocycles. The van der Waals surface area contributed by atoms with E-state index in [-0.39, 0.29) is 5.91 Å². The van der Waals surface area contributed by atoms with Crippen LogP contribution in [0.5, 0.6) is 11.6 Å². The molecular formula is C15H16N2O3. The fraction of sp³-hybridized carbons (Fsp3) is 0.200. The van der Waals surface area contributed by atoms with Crippen LogP contribution >= 0.6 is 0 Å². The number of anilines is 1. The summed E-state index contributed by atoms with van der Waals surface area (Å²) in [6.45, 7) is 3.11. The number of rotatable bonds is 4. The molecule has 0 radical (unpaired) electrons. The number of ether oxygens (including phenoxy) is 1. The highest BCUT2D eigenvalue weighted by atomic mass is 16.5. The fourth-order valence-corrected chi connectivity index (χ4v) is 1.66. The SMILES string of the molecule is CC(=O)Nc1ccccc1Oc1ccc([C@@H](C)O)cn1. The minimum absolute atomic E-state index is 0.168. The van der Waals surface area contributed by atoms with E-state index in [9.17, 15) is 9.90 Å². The summed E-state index contributed by atoms with van der Waals surface area (Å²) >= 11 is 0. The first kappa shape index (κ1) is 14.0. The molecule has 2 N–H and O–H groups in total. The number of amides is 1. The maximum atomic E-state index is 11.1. The number of pyridine rings is 1. The zero-order chi connectivity index (χ0) is 14.5. The van der Waals surface area contributed by atoms with Crippen LogP contribution in [0, 0.1) is 0 Å². The van der Waals surface area contributed by atoms with Gasteiger partial charge in [0.1, 0.15) is 0 Å². The van der Waals surface area contributed by atoms with Gasteiger partial charge in [-0.1, -0.05) is 12.1 Å². The third-order valence-corrected chi connectivity index (χ3v) is 2.65. The molecule has 0 bridgehead atoms. The molecule has 0 unspecified atom stereocenters. The Morgan fingerprint density at radius 1 is 1.30 bits per heavy atom. The molecule has 2 rings (SSSR count). The number of hydrogen-bond donors (Lipinski definition) is 2. The molecule has 0 saturated carbocycles. The van der Waals surface area contributed by atoms with Gasteiger partial charge in [0.25, 0.3) is 0 Å². The van der Waals surface area contributed by atoms with E-state index in [2.05, 4.69) is 10.3 Å². The van der Waals surface area contributed by atoms with Crippen LogP contribution in [0.1, 0.15) is 25.5 Å². The van der Waals surface area contributed by atoms with Crippen LogP contribution in [0.15, 0.2) is 42.6 Å².